The molecule has 0 spiro atoms. The molecule has 0 radical (unpaired) electrons. The van der Waals surface area contributed by atoms with Crippen molar-refractivity contribution in [3.8, 4) is 0 Å². The van der Waals surface area contributed by atoms with Crippen LogP contribution in [0, 0.1) is 5.82 Å². The van der Waals surface area contributed by atoms with Crippen LogP contribution in [0.25, 0.3) is 0 Å². The number of nitrogens with zero attached hydrogens (tertiary/aromatic N) is 3. The number of imide groups is 1. The van der Waals surface area contributed by atoms with Gasteiger partial charge in [0.2, 0.25) is 0 Å². The predicted octanol–water partition coefficient (Wildman–Crippen LogP) is 1.14. The minimum absolute atomic E-state index is 0.0918. The number of hydrogen-bond acceptors (Lipinski definition) is 5. The average molecular weight is 391 g/mol. The molecule has 1 aromatic rings. The number of esters is 1. The largest absolute Gasteiger partial charge is 0.462 e. The van der Waals surface area contributed by atoms with E-state index in [1.807, 2.05) is 0 Å². The van der Waals surface area contributed by atoms with Crippen molar-refractivity contribution >= 4 is 23.8 Å². The summed E-state index contributed by atoms with van der Waals surface area (Å²) in [5, 5.41) is 0. The first-order valence-corrected chi connectivity index (χ1v) is 9.03. The lowest BCUT2D eigenvalue weighted by molar-refractivity contribution is -0.161. The zero-order chi connectivity index (χ0) is 20.6. The SMILES string of the molecule is COC(=O)C(=O)N1CCC2C1C(=O)N(C(C)C)C(=O)N2Cc1cccc(F)c1. The normalized spacial score (nSPS) is 22.0. The number of carbonyl (C=O) groups excluding carboxylic acids is 4. The first-order chi connectivity index (χ1) is 13.3. The average Bonchev–Trinajstić information content (AvgIpc) is 3.09. The van der Waals surface area contributed by atoms with Gasteiger partial charge in [-0.15, -0.1) is 0 Å². The second kappa shape index (κ2) is 7.57. The fraction of sp³-hybridized carbons (Fsp3) is 0.474. The highest BCUT2D eigenvalue weighted by molar-refractivity contribution is 6.33. The van der Waals surface area contributed by atoms with Crippen molar-refractivity contribution in [1.82, 2.24) is 14.7 Å². The lowest BCUT2D eigenvalue weighted by Gasteiger charge is -2.44. The number of rotatable bonds is 3. The molecule has 0 bridgehead atoms. The third kappa shape index (κ3) is 3.32. The van der Waals surface area contributed by atoms with Crippen molar-refractivity contribution in [2.45, 2.75) is 44.9 Å². The molecule has 4 amide bonds. The highest BCUT2D eigenvalue weighted by Gasteiger charge is 2.54. The van der Waals surface area contributed by atoms with Crippen LogP contribution in [0.5, 0.6) is 0 Å². The van der Waals surface area contributed by atoms with E-state index in [9.17, 15) is 23.6 Å². The van der Waals surface area contributed by atoms with Crippen LogP contribution in [-0.2, 0) is 25.7 Å². The molecule has 0 saturated carbocycles. The Morgan fingerprint density at radius 2 is 2.00 bits per heavy atom. The summed E-state index contributed by atoms with van der Waals surface area (Å²) < 4.78 is 18.1. The molecule has 2 aliphatic heterocycles. The molecule has 2 aliphatic rings. The van der Waals surface area contributed by atoms with E-state index in [1.165, 1.54) is 21.9 Å². The Labute approximate surface area is 161 Å². The molecule has 8 nitrogen and oxygen atoms in total. The van der Waals surface area contributed by atoms with E-state index in [0.717, 1.165) is 12.0 Å². The van der Waals surface area contributed by atoms with Crippen LogP contribution < -0.4 is 0 Å². The molecule has 0 N–H and O–H groups in total. The molecule has 2 heterocycles. The number of methoxy groups -OCH3 is 1. The maximum Gasteiger partial charge on any atom is 0.396 e. The third-order valence-corrected chi connectivity index (χ3v) is 5.09. The number of benzene rings is 1. The van der Waals surface area contributed by atoms with E-state index in [-0.39, 0.29) is 13.1 Å². The van der Waals surface area contributed by atoms with Crippen LogP contribution in [0.2, 0.25) is 0 Å². The van der Waals surface area contributed by atoms with Gasteiger partial charge in [0.15, 0.2) is 0 Å². The fourth-order valence-electron chi connectivity index (χ4n) is 3.84. The predicted molar refractivity (Wildman–Crippen MR) is 95.2 cm³/mol. The molecule has 2 atom stereocenters. The number of likely N-dealkylation sites (tertiary alicyclic amines) is 1. The third-order valence-electron chi connectivity index (χ3n) is 5.09. The molecule has 0 aromatic heterocycles. The van der Waals surface area contributed by atoms with Crippen LogP contribution in [-0.4, -0.2) is 70.3 Å². The van der Waals surface area contributed by atoms with Crippen molar-refractivity contribution in [3.63, 3.8) is 0 Å². The van der Waals surface area contributed by atoms with Crippen LogP contribution in [0.1, 0.15) is 25.8 Å². The van der Waals surface area contributed by atoms with Crippen molar-refractivity contribution in [2.75, 3.05) is 13.7 Å². The quantitative estimate of drug-likeness (QED) is 0.570. The first-order valence-electron chi connectivity index (χ1n) is 9.03. The second-order valence-corrected chi connectivity index (χ2v) is 7.13. The summed E-state index contributed by atoms with van der Waals surface area (Å²) in [6.07, 6.45) is 0.339. The smallest absolute Gasteiger partial charge is 0.396 e. The van der Waals surface area contributed by atoms with Gasteiger partial charge in [-0.1, -0.05) is 12.1 Å². The molecular weight excluding hydrogens is 369 g/mol. The Balaban J connectivity index is 1.96. The molecule has 9 heteroatoms. The lowest BCUT2D eigenvalue weighted by Crippen LogP contribution is -2.67. The Hall–Kier alpha value is -2.97. The highest BCUT2D eigenvalue weighted by atomic mass is 19.1. The van der Waals surface area contributed by atoms with Crippen molar-refractivity contribution in [2.24, 2.45) is 0 Å². The summed E-state index contributed by atoms with van der Waals surface area (Å²) in [6, 6.07) is 3.37. The van der Waals surface area contributed by atoms with Crippen molar-refractivity contribution in [1.29, 1.82) is 0 Å². The van der Waals surface area contributed by atoms with Gasteiger partial charge >= 0.3 is 17.9 Å². The number of hydrogen-bond donors (Lipinski definition) is 0. The number of ether oxygens (including phenoxy) is 1. The molecule has 0 aliphatic carbocycles. The van der Waals surface area contributed by atoms with Gasteiger partial charge in [-0.25, -0.2) is 14.0 Å². The van der Waals surface area contributed by atoms with Crippen LogP contribution in [0.15, 0.2) is 24.3 Å². The van der Waals surface area contributed by atoms with Crippen molar-refractivity contribution in [3.05, 3.63) is 35.6 Å². The maximum atomic E-state index is 13.6. The second-order valence-electron chi connectivity index (χ2n) is 7.13. The first kappa shape index (κ1) is 19.8. The summed E-state index contributed by atoms with van der Waals surface area (Å²) in [5.74, 6) is -2.91. The van der Waals surface area contributed by atoms with Gasteiger partial charge in [-0.2, -0.15) is 0 Å². The zero-order valence-corrected chi connectivity index (χ0v) is 15.9. The Bertz CT molecular complexity index is 828. The molecule has 28 heavy (non-hydrogen) atoms. The van der Waals surface area contributed by atoms with Crippen LogP contribution in [0.3, 0.4) is 0 Å². The van der Waals surface area contributed by atoms with Gasteiger partial charge in [0.05, 0.1) is 13.2 Å². The monoisotopic (exact) mass is 391 g/mol. The number of fused-ring (bicyclic) bond motifs is 1. The van der Waals surface area contributed by atoms with E-state index in [0.29, 0.717) is 12.0 Å². The molecule has 2 saturated heterocycles. The molecular formula is C19H22FN3O5. The van der Waals surface area contributed by atoms with Crippen LogP contribution in [0.4, 0.5) is 9.18 Å². The minimum Gasteiger partial charge on any atom is -0.462 e. The van der Waals surface area contributed by atoms with E-state index in [4.69, 9.17) is 0 Å². The summed E-state index contributed by atoms with van der Waals surface area (Å²) in [4.78, 5) is 53.8. The Kier molecular flexibility index (Phi) is 5.35. The highest BCUT2D eigenvalue weighted by Crippen LogP contribution is 2.32. The minimum atomic E-state index is -1.06. The number of halogens is 1. The van der Waals surface area contributed by atoms with E-state index in [2.05, 4.69) is 4.74 Å². The zero-order valence-electron chi connectivity index (χ0n) is 15.9. The molecule has 3 rings (SSSR count). The molecule has 2 unspecified atom stereocenters. The van der Waals surface area contributed by atoms with Gasteiger partial charge in [0.25, 0.3) is 5.91 Å². The van der Waals surface area contributed by atoms with E-state index in [1.54, 1.807) is 26.0 Å². The van der Waals surface area contributed by atoms with Gasteiger partial charge in [-0.05, 0) is 38.0 Å². The molecule has 1 aromatic carbocycles. The number of urea groups is 1. The van der Waals surface area contributed by atoms with Crippen molar-refractivity contribution < 1.29 is 28.3 Å². The summed E-state index contributed by atoms with van der Waals surface area (Å²) in [5.41, 5.74) is 0.572. The van der Waals surface area contributed by atoms with Gasteiger partial charge < -0.3 is 14.5 Å². The van der Waals surface area contributed by atoms with E-state index >= 15 is 0 Å². The topological polar surface area (TPSA) is 87.2 Å². The standard InChI is InChI=1S/C19H22FN3O5/c1-11(2)23-16(24)15-14(7-8-21(15)17(25)18(26)28-3)22(19(23)27)10-12-5-4-6-13(20)9-12/h4-6,9,11,14-15H,7-8,10H2,1-3H3. The Morgan fingerprint density at radius 1 is 1.29 bits per heavy atom. The Morgan fingerprint density at radius 3 is 2.61 bits per heavy atom. The summed E-state index contributed by atoms with van der Waals surface area (Å²) >= 11 is 0. The molecule has 2 fully saturated rings. The van der Waals surface area contributed by atoms with Gasteiger partial charge in [0, 0.05) is 19.1 Å². The lowest BCUT2D eigenvalue weighted by atomic mass is 10.0. The van der Waals surface area contributed by atoms with Gasteiger partial charge in [0.1, 0.15) is 11.9 Å². The van der Waals surface area contributed by atoms with Crippen LogP contribution >= 0.6 is 0 Å². The molecule has 150 valence electrons. The number of carbonyl (C=O) groups is 4. The number of amides is 4. The fourth-order valence-corrected chi connectivity index (χ4v) is 3.84. The summed E-state index contributed by atoms with van der Waals surface area (Å²) in [6.45, 7) is 3.62. The van der Waals surface area contributed by atoms with Gasteiger partial charge in [-0.3, -0.25) is 14.5 Å². The summed E-state index contributed by atoms with van der Waals surface area (Å²) in [7, 11) is 1.09. The van der Waals surface area contributed by atoms with E-state index < -0.39 is 47.8 Å². The maximum absolute atomic E-state index is 13.6.